The van der Waals surface area contributed by atoms with Crippen LogP contribution in [0.4, 0.5) is 14.9 Å². The van der Waals surface area contributed by atoms with Crippen LogP contribution in [-0.2, 0) is 9.53 Å². The standard InChI is InChI=1S/C22H35FN4O4S/c1-15-14-32-18(19(29)24-9-12-26(6)20(30)31-21(2,3)4)17(15)25-16(28)13-27-10-7-22(5,23)8-11-27/h14H,7-13H2,1-6H3,(H,24,29)(H,25,28). The molecule has 2 N–H and O–H groups in total. The molecule has 0 bridgehead atoms. The van der Waals surface area contributed by atoms with Crippen molar-refractivity contribution in [2.75, 3.05) is 45.1 Å². The summed E-state index contributed by atoms with van der Waals surface area (Å²) in [6.07, 6.45) is 0.351. The molecule has 0 saturated carbocycles. The molecule has 0 atom stereocenters. The highest BCUT2D eigenvalue weighted by Gasteiger charge is 2.30. The molecule has 1 aliphatic heterocycles. The molecule has 8 nitrogen and oxygen atoms in total. The summed E-state index contributed by atoms with van der Waals surface area (Å²) in [7, 11) is 1.60. The van der Waals surface area contributed by atoms with Crippen molar-refractivity contribution < 1.29 is 23.5 Å². The lowest BCUT2D eigenvalue weighted by Crippen LogP contribution is -2.43. The van der Waals surface area contributed by atoms with Crippen LogP contribution >= 0.6 is 11.3 Å². The molecular weight excluding hydrogens is 435 g/mol. The summed E-state index contributed by atoms with van der Waals surface area (Å²) in [4.78, 5) is 40.9. The molecule has 0 aromatic carbocycles. The molecule has 32 heavy (non-hydrogen) atoms. The third-order valence-electron chi connectivity index (χ3n) is 5.15. The third-order valence-corrected chi connectivity index (χ3v) is 6.25. The number of carbonyl (C=O) groups excluding carboxylic acids is 3. The van der Waals surface area contributed by atoms with Gasteiger partial charge in [-0.3, -0.25) is 14.5 Å². The molecule has 1 saturated heterocycles. The van der Waals surface area contributed by atoms with E-state index in [4.69, 9.17) is 4.74 Å². The van der Waals surface area contributed by atoms with E-state index in [0.29, 0.717) is 36.5 Å². The topological polar surface area (TPSA) is 91.0 Å². The van der Waals surface area contributed by atoms with Gasteiger partial charge in [-0.1, -0.05) is 0 Å². The predicted octanol–water partition coefficient (Wildman–Crippen LogP) is 3.42. The van der Waals surface area contributed by atoms with Crippen molar-refractivity contribution in [1.29, 1.82) is 0 Å². The van der Waals surface area contributed by atoms with Crippen molar-refractivity contribution in [1.82, 2.24) is 15.1 Å². The van der Waals surface area contributed by atoms with Gasteiger partial charge in [0.25, 0.3) is 5.91 Å². The highest BCUT2D eigenvalue weighted by molar-refractivity contribution is 7.13. The zero-order valence-electron chi connectivity index (χ0n) is 19.8. The van der Waals surface area contributed by atoms with Gasteiger partial charge in [0.05, 0.1) is 12.2 Å². The van der Waals surface area contributed by atoms with Gasteiger partial charge >= 0.3 is 6.09 Å². The number of nitrogens with zero attached hydrogens (tertiary/aromatic N) is 2. The van der Waals surface area contributed by atoms with E-state index in [1.807, 2.05) is 17.2 Å². The van der Waals surface area contributed by atoms with Gasteiger partial charge in [0, 0.05) is 33.2 Å². The molecule has 1 fully saturated rings. The summed E-state index contributed by atoms with van der Waals surface area (Å²) in [5.74, 6) is -0.546. The number of aryl methyl sites for hydroxylation is 1. The summed E-state index contributed by atoms with van der Waals surface area (Å²) in [5.41, 5.74) is -0.463. The van der Waals surface area contributed by atoms with Crippen LogP contribution in [0.3, 0.4) is 0 Å². The van der Waals surface area contributed by atoms with Gasteiger partial charge in [-0.2, -0.15) is 0 Å². The van der Waals surface area contributed by atoms with Crippen LogP contribution in [0, 0.1) is 6.92 Å². The van der Waals surface area contributed by atoms with Gasteiger partial charge in [0.2, 0.25) is 5.91 Å². The quantitative estimate of drug-likeness (QED) is 0.637. The van der Waals surface area contributed by atoms with Gasteiger partial charge in [-0.05, 0) is 58.4 Å². The highest BCUT2D eigenvalue weighted by atomic mass is 32.1. The number of carbonyl (C=O) groups is 3. The highest BCUT2D eigenvalue weighted by Crippen LogP contribution is 2.28. The van der Waals surface area contributed by atoms with Crippen molar-refractivity contribution in [3.8, 4) is 0 Å². The second-order valence-corrected chi connectivity index (χ2v) is 10.4. The summed E-state index contributed by atoms with van der Waals surface area (Å²) in [5, 5.41) is 7.44. The number of amides is 3. The van der Waals surface area contributed by atoms with E-state index in [9.17, 15) is 18.8 Å². The van der Waals surface area contributed by atoms with E-state index in [1.54, 1.807) is 34.7 Å². The fourth-order valence-corrected chi connectivity index (χ4v) is 4.10. The van der Waals surface area contributed by atoms with Crippen molar-refractivity contribution in [2.24, 2.45) is 0 Å². The number of likely N-dealkylation sites (N-methyl/N-ethyl adjacent to an activating group) is 1. The summed E-state index contributed by atoms with van der Waals surface area (Å²) in [6.45, 7) is 10.5. The van der Waals surface area contributed by atoms with Gasteiger partial charge in [-0.25, -0.2) is 9.18 Å². The summed E-state index contributed by atoms with van der Waals surface area (Å²) < 4.78 is 19.2. The van der Waals surface area contributed by atoms with E-state index in [1.165, 1.54) is 16.2 Å². The van der Waals surface area contributed by atoms with Crippen LogP contribution in [0.15, 0.2) is 5.38 Å². The van der Waals surface area contributed by atoms with Crippen molar-refractivity contribution >= 4 is 34.9 Å². The van der Waals surface area contributed by atoms with Gasteiger partial charge < -0.3 is 20.3 Å². The van der Waals surface area contributed by atoms with Crippen LogP contribution in [0.1, 0.15) is 55.8 Å². The maximum Gasteiger partial charge on any atom is 0.410 e. The Morgan fingerprint density at radius 1 is 1.28 bits per heavy atom. The number of alkyl halides is 1. The lowest BCUT2D eigenvalue weighted by molar-refractivity contribution is -0.118. The molecule has 1 aromatic rings. The second-order valence-electron chi connectivity index (χ2n) is 9.52. The molecule has 180 valence electrons. The molecule has 1 aliphatic rings. The Hall–Kier alpha value is -2.20. The normalized spacial score (nSPS) is 16.3. The Morgan fingerprint density at radius 3 is 2.50 bits per heavy atom. The number of piperidine rings is 1. The average Bonchev–Trinajstić information content (AvgIpc) is 3.02. The van der Waals surface area contributed by atoms with E-state index < -0.39 is 17.4 Å². The second kappa shape index (κ2) is 10.6. The number of anilines is 1. The maximum absolute atomic E-state index is 14.0. The molecule has 2 rings (SSSR count). The van der Waals surface area contributed by atoms with Gasteiger partial charge in [0.1, 0.15) is 16.1 Å². The maximum atomic E-state index is 14.0. The Bertz CT molecular complexity index is 824. The van der Waals surface area contributed by atoms with Gasteiger partial charge in [-0.15, -0.1) is 11.3 Å². The molecular formula is C22H35FN4O4S. The fraction of sp³-hybridized carbons (Fsp3) is 0.682. The lowest BCUT2D eigenvalue weighted by atomic mass is 9.96. The Morgan fingerprint density at radius 2 is 1.91 bits per heavy atom. The number of ether oxygens (including phenoxy) is 1. The van der Waals surface area contributed by atoms with E-state index in [0.717, 1.165) is 5.56 Å². The molecule has 2 heterocycles. The smallest absolute Gasteiger partial charge is 0.410 e. The molecule has 0 spiro atoms. The van der Waals surface area contributed by atoms with Gasteiger partial charge in [0.15, 0.2) is 0 Å². The monoisotopic (exact) mass is 470 g/mol. The molecule has 3 amide bonds. The molecule has 0 unspecified atom stereocenters. The first kappa shape index (κ1) is 26.1. The Balaban J connectivity index is 1.86. The summed E-state index contributed by atoms with van der Waals surface area (Å²) >= 11 is 1.25. The number of hydrogen-bond donors (Lipinski definition) is 2. The minimum absolute atomic E-state index is 0.160. The van der Waals surface area contributed by atoms with E-state index in [-0.39, 0.29) is 31.4 Å². The number of likely N-dealkylation sites (tertiary alicyclic amines) is 1. The number of thiophene rings is 1. The molecule has 1 aromatic heterocycles. The lowest BCUT2D eigenvalue weighted by Gasteiger charge is -2.33. The molecule has 0 aliphatic carbocycles. The predicted molar refractivity (Wildman–Crippen MR) is 124 cm³/mol. The first-order valence-electron chi connectivity index (χ1n) is 10.8. The Labute approximate surface area is 193 Å². The first-order chi connectivity index (χ1) is 14.8. The van der Waals surface area contributed by atoms with Crippen molar-refractivity contribution in [3.63, 3.8) is 0 Å². The largest absolute Gasteiger partial charge is 0.444 e. The number of halogens is 1. The van der Waals surface area contributed by atoms with E-state index in [2.05, 4.69) is 10.6 Å². The average molecular weight is 471 g/mol. The molecule has 10 heteroatoms. The fourth-order valence-electron chi connectivity index (χ4n) is 3.17. The van der Waals surface area contributed by atoms with Crippen LogP contribution in [-0.4, -0.2) is 78.7 Å². The molecule has 0 radical (unpaired) electrons. The minimum atomic E-state index is -1.17. The van der Waals surface area contributed by atoms with Crippen LogP contribution < -0.4 is 10.6 Å². The number of hydrogen-bond acceptors (Lipinski definition) is 6. The van der Waals surface area contributed by atoms with Crippen LogP contribution in [0.5, 0.6) is 0 Å². The first-order valence-corrected chi connectivity index (χ1v) is 11.7. The minimum Gasteiger partial charge on any atom is -0.444 e. The zero-order chi connectivity index (χ0) is 24.1. The van der Waals surface area contributed by atoms with Crippen LogP contribution in [0.2, 0.25) is 0 Å². The van der Waals surface area contributed by atoms with Crippen molar-refractivity contribution in [2.45, 2.75) is 58.7 Å². The SMILES string of the molecule is Cc1csc(C(=O)NCCN(C)C(=O)OC(C)(C)C)c1NC(=O)CN1CCC(C)(F)CC1. The number of rotatable bonds is 7. The van der Waals surface area contributed by atoms with E-state index >= 15 is 0 Å². The number of nitrogens with one attached hydrogen (secondary N) is 2. The summed E-state index contributed by atoms with van der Waals surface area (Å²) in [6, 6.07) is 0. The van der Waals surface area contributed by atoms with Crippen LogP contribution in [0.25, 0.3) is 0 Å². The third kappa shape index (κ3) is 8.05. The van der Waals surface area contributed by atoms with Crippen molar-refractivity contribution in [3.05, 3.63) is 15.8 Å². The Kier molecular flexibility index (Phi) is 8.64. The zero-order valence-corrected chi connectivity index (χ0v) is 20.7.